The smallest absolute Gasteiger partial charge is 0.258 e. The van der Waals surface area contributed by atoms with Gasteiger partial charge in [0.15, 0.2) is 0 Å². The van der Waals surface area contributed by atoms with E-state index in [1.807, 2.05) is 71.3 Å². The molecule has 0 radical (unpaired) electrons. The quantitative estimate of drug-likeness (QED) is 0.228. The summed E-state index contributed by atoms with van der Waals surface area (Å²) in [5.74, 6) is 8.83. The molecule has 5 aromatic rings. The fraction of sp³-hybridized carbons (Fsp3) is 0.368. The fourth-order valence-electron chi connectivity index (χ4n) is 7.38. The van der Waals surface area contributed by atoms with E-state index in [-0.39, 0.29) is 30.0 Å². The molecule has 0 saturated carbocycles. The molecule has 8 rings (SSSR count). The lowest BCUT2D eigenvalue weighted by molar-refractivity contribution is -0.142. The number of ether oxygens (including phenoxy) is 2. The van der Waals surface area contributed by atoms with Gasteiger partial charge in [-0.1, -0.05) is 23.5 Å². The number of carbonyl (C=O) groups excluding carboxylic acids is 2. The minimum absolute atomic E-state index is 0.0425. The Morgan fingerprint density at radius 2 is 1.44 bits per heavy atom. The highest BCUT2D eigenvalue weighted by Gasteiger charge is 2.37. The number of H-pyrrole nitrogens is 2. The molecule has 2 amide bonds. The van der Waals surface area contributed by atoms with E-state index in [2.05, 4.69) is 21.8 Å². The van der Waals surface area contributed by atoms with Crippen LogP contribution in [0.3, 0.4) is 0 Å². The summed E-state index contributed by atoms with van der Waals surface area (Å²) >= 11 is 0. The molecule has 48 heavy (non-hydrogen) atoms. The predicted molar refractivity (Wildman–Crippen MR) is 182 cm³/mol. The first kappa shape index (κ1) is 30.2. The van der Waals surface area contributed by atoms with Gasteiger partial charge in [-0.25, -0.2) is 9.97 Å². The number of methoxy groups -OCH3 is 1. The highest BCUT2D eigenvalue weighted by atomic mass is 16.5. The maximum Gasteiger partial charge on any atom is 0.258 e. The number of benzene rings is 3. The Hall–Kier alpha value is -5.14. The molecule has 0 spiro atoms. The highest BCUT2D eigenvalue weighted by molar-refractivity contribution is 5.97. The largest absolute Gasteiger partial charge is 0.496 e. The van der Waals surface area contributed by atoms with Crippen LogP contribution in [0.1, 0.15) is 89.3 Å². The minimum atomic E-state index is -0.320. The monoisotopic (exact) mass is 642 g/mol. The molecule has 3 atom stereocenters. The summed E-state index contributed by atoms with van der Waals surface area (Å²) < 4.78 is 11.2. The van der Waals surface area contributed by atoms with Crippen LogP contribution < -0.4 is 4.74 Å². The number of nitrogens with one attached hydrogen (secondary N) is 2. The number of aryl methyl sites for hydroxylation is 1. The van der Waals surface area contributed by atoms with Gasteiger partial charge in [0.2, 0.25) is 0 Å². The van der Waals surface area contributed by atoms with Crippen LogP contribution in [0.25, 0.3) is 22.1 Å². The van der Waals surface area contributed by atoms with Crippen LogP contribution in [0.5, 0.6) is 5.75 Å². The third-order valence-electron chi connectivity index (χ3n) is 9.82. The first-order valence-corrected chi connectivity index (χ1v) is 16.8. The van der Waals surface area contributed by atoms with Gasteiger partial charge in [0, 0.05) is 30.8 Å². The van der Waals surface area contributed by atoms with Gasteiger partial charge in [-0.15, -0.1) is 0 Å². The van der Waals surface area contributed by atoms with E-state index >= 15 is 0 Å². The second-order valence-corrected chi connectivity index (χ2v) is 13.0. The van der Waals surface area contributed by atoms with E-state index in [4.69, 9.17) is 19.4 Å². The third-order valence-corrected chi connectivity index (χ3v) is 9.82. The molecule has 244 valence electrons. The number of hydrogen-bond acceptors (Lipinski definition) is 6. The second kappa shape index (κ2) is 12.5. The molecule has 2 aromatic heterocycles. The van der Waals surface area contributed by atoms with Crippen LogP contribution in [0.2, 0.25) is 0 Å². The van der Waals surface area contributed by atoms with E-state index < -0.39 is 0 Å². The van der Waals surface area contributed by atoms with E-state index in [0.717, 1.165) is 95.5 Å². The molecule has 2 N–H and O–H groups in total. The van der Waals surface area contributed by atoms with Gasteiger partial charge in [0.05, 0.1) is 46.8 Å². The van der Waals surface area contributed by atoms with Gasteiger partial charge in [-0.3, -0.25) is 9.59 Å². The van der Waals surface area contributed by atoms with Crippen molar-refractivity contribution in [3.63, 3.8) is 0 Å². The Bertz CT molecular complexity index is 2100. The zero-order valence-corrected chi connectivity index (χ0v) is 27.2. The number of amides is 2. The highest BCUT2D eigenvalue weighted by Crippen LogP contribution is 2.35. The van der Waals surface area contributed by atoms with Gasteiger partial charge in [0.1, 0.15) is 23.5 Å². The maximum atomic E-state index is 13.7. The summed E-state index contributed by atoms with van der Waals surface area (Å²) in [6.07, 6.45) is 5.01. The van der Waals surface area contributed by atoms with Gasteiger partial charge < -0.3 is 29.2 Å². The topological polar surface area (TPSA) is 116 Å². The van der Waals surface area contributed by atoms with Gasteiger partial charge in [0.25, 0.3) is 11.8 Å². The molecular formula is C38H38N6O4. The zero-order valence-electron chi connectivity index (χ0n) is 27.2. The Kier molecular flexibility index (Phi) is 7.85. The average Bonchev–Trinajstić information content (AvgIpc) is 3.94. The summed E-state index contributed by atoms with van der Waals surface area (Å²) in [6, 6.07) is 17.4. The van der Waals surface area contributed by atoms with Crippen LogP contribution in [0.15, 0.2) is 54.6 Å². The summed E-state index contributed by atoms with van der Waals surface area (Å²) in [5, 5.41) is 0. The third kappa shape index (κ3) is 5.58. The van der Waals surface area contributed by atoms with Crippen LogP contribution in [0.4, 0.5) is 0 Å². The van der Waals surface area contributed by atoms with Crippen LogP contribution in [0, 0.1) is 18.8 Å². The number of hydrogen-bond donors (Lipinski definition) is 2. The fourth-order valence-corrected chi connectivity index (χ4v) is 7.38. The molecule has 3 aromatic carbocycles. The van der Waals surface area contributed by atoms with Crippen molar-refractivity contribution in [3.05, 3.63) is 88.5 Å². The SMILES string of the molecule is COc1ccc(C)cc1C(=O)N1CCCC1c1nc2ccc(C#Cc3ccc4nc([C@@H]5CCCN5C(=O)C5CCCO5)[nH]c4c3)cc2[nH]1. The molecule has 3 fully saturated rings. The van der Waals surface area contributed by atoms with Crippen molar-refractivity contribution in [1.82, 2.24) is 29.7 Å². The molecule has 10 heteroatoms. The van der Waals surface area contributed by atoms with Gasteiger partial charge in [-0.2, -0.15) is 0 Å². The summed E-state index contributed by atoms with van der Waals surface area (Å²) in [4.78, 5) is 47.3. The molecule has 0 aliphatic carbocycles. The van der Waals surface area contributed by atoms with Crippen molar-refractivity contribution < 1.29 is 19.1 Å². The Morgan fingerprint density at radius 3 is 2.04 bits per heavy atom. The molecule has 2 unspecified atom stereocenters. The number of aromatic amines is 2. The number of fused-ring (bicyclic) bond motifs is 2. The number of aromatic nitrogens is 4. The lowest BCUT2D eigenvalue weighted by Gasteiger charge is -2.25. The van der Waals surface area contributed by atoms with E-state index in [1.54, 1.807) is 7.11 Å². The molecule has 3 aliphatic heterocycles. The first-order valence-electron chi connectivity index (χ1n) is 16.8. The minimum Gasteiger partial charge on any atom is -0.496 e. The molecular weight excluding hydrogens is 604 g/mol. The number of imidazole rings is 2. The predicted octanol–water partition coefficient (Wildman–Crippen LogP) is 5.98. The zero-order chi connectivity index (χ0) is 32.8. The summed E-state index contributed by atoms with van der Waals surface area (Å²) in [5.41, 5.74) is 6.81. The van der Waals surface area contributed by atoms with Crippen LogP contribution in [-0.4, -0.2) is 74.5 Å². The van der Waals surface area contributed by atoms with Gasteiger partial charge >= 0.3 is 0 Å². The van der Waals surface area contributed by atoms with Crippen molar-refractivity contribution in [2.45, 2.75) is 63.6 Å². The summed E-state index contributed by atoms with van der Waals surface area (Å²) in [7, 11) is 1.59. The van der Waals surface area contributed by atoms with E-state index in [9.17, 15) is 9.59 Å². The summed E-state index contributed by atoms with van der Waals surface area (Å²) in [6.45, 7) is 4.04. The molecule has 10 nitrogen and oxygen atoms in total. The van der Waals surface area contributed by atoms with Crippen LogP contribution in [-0.2, 0) is 9.53 Å². The normalized spacial score (nSPS) is 20.8. The number of carbonyl (C=O) groups is 2. The molecule has 3 saturated heterocycles. The average molecular weight is 643 g/mol. The number of nitrogens with zero attached hydrogens (tertiary/aromatic N) is 4. The lowest BCUT2D eigenvalue weighted by Crippen LogP contribution is -2.38. The molecule has 3 aliphatic rings. The Balaban J connectivity index is 1.00. The van der Waals surface area contributed by atoms with Crippen LogP contribution >= 0.6 is 0 Å². The molecule has 0 bridgehead atoms. The van der Waals surface area contributed by atoms with Crippen molar-refractivity contribution in [1.29, 1.82) is 0 Å². The van der Waals surface area contributed by atoms with Gasteiger partial charge in [-0.05, 0) is 94.0 Å². The first-order chi connectivity index (χ1) is 23.4. The Morgan fingerprint density at radius 1 is 0.812 bits per heavy atom. The Labute approximate surface area is 278 Å². The van der Waals surface area contributed by atoms with Crippen molar-refractivity contribution in [2.75, 3.05) is 26.8 Å². The number of likely N-dealkylation sites (tertiary alicyclic amines) is 2. The standard InChI is InChI=1S/C38H38N6O4/c1-23-9-16-33(47-2)26(20-23)37(45)43-17-3-6-31(43)35-39-27-14-12-24(21-29(27)41-35)10-11-25-13-15-28-30(22-25)42-36(40-28)32-7-4-18-44(32)38(46)34-8-5-19-48-34/h9,12-16,20-22,31-32,34H,3-8,17-19H2,1-2H3,(H,39,41)(H,40,42)/t31?,32-,34?/m0/s1. The number of rotatable bonds is 5. The van der Waals surface area contributed by atoms with E-state index in [1.165, 1.54) is 0 Å². The lowest BCUT2D eigenvalue weighted by atomic mass is 10.1. The molecule has 5 heterocycles. The van der Waals surface area contributed by atoms with Crippen molar-refractivity contribution >= 4 is 33.9 Å². The van der Waals surface area contributed by atoms with Crippen molar-refractivity contribution in [3.8, 4) is 17.6 Å². The second-order valence-electron chi connectivity index (χ2n) is 13.0. The van der Waals surface area contributed by atoms with Crippen molar-refractivity contribution in [2.24, 2.45) is 0 Å². The van der Waals surface area contributed by atoms with E-state index in [0.29, 0.717) is 24.5 Å². The maximum absolute atomic E-state index is 13.7.